The zero-order chi connectivity index (χ0) is 17.4. The molecule has 1 amide bonds. The number of aliphatic hydroxyl groups is 1. The molecule has 0 fully saturated rings. The third-order valence-corrected chi connectivity index (χ3v) is 3.77. The Morgan fingerprint density at radius 3 is 2.67 bits per heavy atom. The molecule has 0 aliphatic heterocycles. The first kappa shape index (κ1) is 18.1. The number of carbonyl (C=O) groups is 1. The Kier molecular flexibility index (Phi) is 6.90. The van der Waals surface area contributed by atoms with Crippen molar-refractivity contribution in [2.24, 2.45) is 0 Å². The molecule has 4 nitrogen and oxygen atoms in total. The second-order valence-corrected chi connectivity index (χ2v) is 5.54. The van der Waals surface area contributed by atoms with E-state index in [1.165, 1.54) is 25.3 Å². The zero-order valence-electron chi connectivity index (χ0n) is 13.7. The van der Waals surface area contributed by atoms with Gasteiger partial charge in [0.05, 0.1) is 12.6 Å². The SMILES string of the molecule is COCc1cc(C(=O)NC(CCCO)c2ccccc2)ccc1F. The molecule has 128 valence electrons. The summed E-state index contributed by atoms with van der Waals surface area (Å²) in [4.78, 5) is 12.5. The molecule has 0 saturated heterocycles. The van der Waals surface area contributed by atoms with Crippen molar-refractivity contribution in [1.29, 1.82) is 0 Å². The first-order valence-electron chi connectivity index (χ1n) is 7.89. The summed E-state index contributed by atoms with van der Waals surface area (Å²) in [6.07, 6.45) is 1.20. The summed E-state index contributed by atoms with van der Waals surface area (Å²) < 4.78 is 18.6. The number of hydrogen-bond donors (Lipinski definition) is 2. The molecule has 2 aromatic carbocycles. The van der Waals surface area contributed by atoms with Crippen molar-refractivity contribution >= 4 is 5.91 Å². The van der Waals surface area contributed by atoms with Crippen LogP contribution in [0, 0.1) is 5.82 Å². The van der Waals surface area contributed by atoms with E-state index in [0.717, 1.165) is 5.56 Å². The third-order valence-electron chi connectivity index (χ3n) is 3.77. The van der Waals surface area contributed by atoms with Gasteiger partial charge in [-0.3, -0.25) is 4.79 Å². The fraction of sp³-hybridized carbons (Fsp3) is 0.316. The molecule has 0 aliphatic carbocycles. The molecule has 0 bridgehead atoms. The van der Waals surface area contributed by atoms with E-state index in [2.05, 4.69) is 5.32 Å². The van der Waals surface area contributed by atoms with E-state index < -0.39 is 5.82 Å². The number of methoxy groups -OCH3 is 1. The molecule has 1 unspecified atom stereocenters. The van der Waals surface area contributed by atoms with Crippen molar-refractivity contribution in [2.75, 3.05) is 13.7 Å². The van der Waals surface area contributed by atoms with Crippen molar-refractivity contribution in [3.05, 3.63) is 71.0 Å². The highest BCUT2D eigenvalue weighted by atomic mass is 19.1. The molecule has 0 aromatic heterocycles. The molecule has 1 atom stereocenters. The van der Waals surface area contributed by atoms with Gasteiger partial charge >= 0.3 is 0 Å². The van der Waals surface area contributed by atoms with E-state index in [4.69, 9.17) is 9.84 Å². The number of halogens is 1. The molecular formula is C19H22FNO3. The fourth-order valence-corrected chi connectivity index (χ4v) is 2.53. The summed E-state index contributed by atoms with van der Waals surface area (Å²) in [5.41, 5.74) is 1.70. The quantitative estimate of drug-likeness (QED) is 0.781. The number of aliphatic hydroxyl groups excluding tert-OH is 1. The number of ether oxygens (including phenoxy) is 1. The van der Waals surface area contributed by atoms with Gasteiger partial charge in [0.15, 0.2) is 0 Å². The highest BCUT2D eigenvalue weighted by Crippen LogP contribution is 2.19. The Morgan fingerprint density at radius 1 is 1.25 bits per heavy atom. The predicted molar refractivity (Wildman–Crippen MR) is 90.1 cm³/mol. The normalized spacial score (nSPS) is 12.0. The van der Waals surface area contributed by atoms with Gasteiger partial charge in [-0.1, -0.05) is 30.3 Å². The number of benzene rings is 2. The maximum Gasteiger partial charge on any atom is 0.251 e. The molecule has 5 heteroatoms. The summed E-state index contributed by atoms with van der Waals surface area (Å²) >= 11 is 0. The van der Waals surface area contributed by atoms with Crippen LogP contribution in [0.25, 0.3) is 0 Å². The van der Waals surface area contributed by atoms with Crippen LogP contribution in [0.5, 0.6) is 0 Å². The van der Waals surface area contributed by atoms with Gasteiger partial charge in [0, 0.05) is 24.8 Å². The average molecular weight is 331 g/mol. The number of rotatable bonds is 8. The largest absolute Gasteiger partial charge is 0.396 e. The van der Waals surface area contributed by atoms with Gasteiger partial charge in [-0.25, -0.2) is 4.39 Å². The van der Waals surface area contributed by atoms with E-state index in [1.54, 1.807) is 0 Å². The molecule has 0 spiro atoms. The van der Waals surface area contributed by atoms with Crippen LogP contribution in [-0.2, 0) is 11.3 Å². The van der Waals surface area contributed by atoms with E-state index in [9.17, 15) is 9.18 Å². The Morgan fingerprint density at radius 2 is 2.00 bits per heavy atom. The molecule has 2 aromatic rings. The summed E-state index contributed by atoms with van der Waals surface area (Å²) in [5.74, 6) is -0.674. The molecule has 2 N–H and O–H groups in total. The molecule has 0 aliphatic rings. The van der Waals surface area contributed by atoms with Crippen LogP contribution in [0.2, 0.25) is 0 Å². The summed E-state index contributed by atoms with van der Waals surface area (Å²) in [6.45, 7) is 0.174. The summed E-state index contributed by atoms with van der Waals surface area (Å²) in [7, 11) is 1.48. The number of amides is 1. The second-order valence-electron chi connectivity index (χ2n) is 5.54. The van der Waals surface area contributed by atoms with Crippen LogP contribution >= 0.6 is 0 Å². The van der Waals surface area contributed by atoms with E-state index >= 15 is 0 Å². The first-order chi connectivity index (χ1) is 11.7. The Bertz CT molecular complexity index is 661. The van der Waals surface area contributed by atoms with E-state index in [0.29, 0.717) is 24.0 Å². The molecule has 0 saturated carbocycles. The van der Waals surface area contributed by atoms with Crippen molar-refractivity contribution in [2.45, 2.75) is 25.5 Å². The van der Waals surface area contributed by atoms with Crippen molar-refractivity contribution in [1.82, 2.24) is 5.32 Å². The Hall–Kier alpha value is -2.24. The Balaban J connectivity index is 2.16. The van der Waals surface area contributed by atoms with Crippen molar-refractivity contribution < 1.29 is 19.0 Å². The lowest BCUT2D eigenvalue weighted by Gasteiger charge is -2.19. The predicted octanol–water partition coefficient (Wildman–Crippen LogP) is 3.22. The maximum absolute atomic E-state index is 13.7. The summed E-state index contributed by atoms with van der Waals surface area (Å²) in [5, 5.41) is 12.0. The van der Waals surface area contributed by atoms with Crippen LogP contribution in [0.15, 0.2) is 48.5 Å². The van der Waals surface area contributed by atoms with Gasteiger partial charge in [0.2, 0.25) is 0 Å². The highest BCUT2D eigenvalue weighted by Gasteiger charge is 2.16. The van der Waals surface area contributed by atoms with Gasteiger partial charge in [-0.2, -0.15) is 0 Å². The van der Waals surface area contributed by atoms with Crippen LogP contribution in [0.3, 0.4) is 0 Å². The van der Waals surface area contributed by atoms with Gasteiger partial charge in [0.1, 0.15) is 5.82 Å². The lowest BCUT2D eigenvalue weighted by atomic mass is 10.0. The van der Waals surface area contributed by atoms with E-state index in [-0.39, 0.29) is 25.2 Å². The van der Waals surface area contributed by atoms with Crippen LogP contribution in [0.1, 0.15) is 40.4 Å². The standard InChI is InChI=1S/C19H22FNO3/c1-24-13-16-12-15(9-10-17(16)20)19(23)21-18(8-5-11-22)14-6-3-2-4-7-14/h2-4,6-7,9-10,12,18,22H,5,8,11,13H2,1H3,(H,21,23). The molecule has 24 heavy (non-hydrogen) atoms. The minimum Gasteiger partial charge on any atom is -0.396 e. The first-order valence-corrected chi connectivity index (χ1v) is 7.89. The smallest absolute Gasteiger partial charge is 0.251 e. The molecule has 2 rings (SSSR count). The number of hydrogen-bond acceptors (Lipinski definition) is 3. The third kappa shape index (κ3) is 4.88. The number of nitrogens with one attached hydrogen (secondary N) is 1. The zero-order valence-corrected chi connectivity index (χ0v) is 13.7. The topological polar surface area (TPSA) is 58.6 Å². The fourth-order valence-electron chi connectivity index (χ4n) is 2.53. The minimum absolute atomic E-state index is 0.0632. The molecular weight excluding hydrogens is 309 g/mol. The van der Waals surface area contributed by atoms with Gasteiger partial charge in [-0.05, 0) is 36.6 Å². The van der Waals surface area contributed by atoms with Crippen LogP contribution in [-0.4, -0.2) is 24.7 Å². The van der Waals surface area contributed by atoms with Gasteiger partial charge < -0.3 is 15.2 Å². The number of carbonyl (C=O) groups excluding carboxylic acids is 1. The summed E-state index contributed by atoms with van der Waals surface area (Å²) in [6, 6.07) is 13.6. The van der Waals surface area contributed by atoms with E-state index in [1.807, 2.05) is 30.3 Å². The molecule has 0 heterocycles. The van der Waals surface area contributed by atoms with Gasteiger partial charge in [-0.15, -0.1) is 0 Å². The van der Waals surface area contributed by atoms with Crippen LogP contribution in [0.4, 0.5) is 4.39 Å². The van der Waals surface area contributed by atoms with Crippen molar-refractivity contribution in [3.8, 4) is 0 Å². The van der Waals surface area contributed by atoms with Crippen molar-refractivity contribution in [3.63, 3.8) is 0 Å². The lowest BCUT2D eigenvalue weighted by Crippen LogP contribution is -2.29. The lowest BCUT2D eigenvalue weighted by molar-refractivity contribution is 0.0932. The second kappa shape index (κ2) is 9.15. The Labute approximate surface area is 141 Å². The van der Waals surface area contributed by atoms with Crippen LogP contribution < -0.4 is 5.32 Å². The van der Waals surface area contributed by atoms with Gasteiger partial charge in [0.25, 0.3) is 5.91 Å². The monoisotopic (exact) mass is 331 g/mol. The maximum atomic E-state index is 13.7. The highest BCUT2D eigenvalue weighted by molar-refractivity contribution is 5.94. The molecule has 0 radical (unpaired) electrons. The minimum atomic E-state index is -0.395. The average Bonchev–Trinajstić information content (AvgIpc) is 2.61.